The number of amides is 1. The fourth-order valence-corrected chi connectivity index (χ4v) is 2.90. The number of carbonyl (C=O) groups is 1. The van der Waals surface area contributed by atoms with Crippen LogP contribution in [-0.2, 0) is 16.4 Å². The highest BCUT2D eigenvalue weighted by molar-refractivity contribution is 6.31. The fraction of sp³-hybridized carbons (Fsp3) is 0.409. The molecular formula is C22H25ClF3NO2. The third kappa shape index (κ3) is 6.67. The van der Waals surface area contributed by atoms with Gasteiger partial charge in [-0.2, -0.15) is 13.2 Å². The summed E-state index contributed by atoms with van der Waals surface area (Å²) in [5.41, 5.74) is 0.411. The standard InChI is InChI=1S/C22H25ClF3NO2/c1-4-21(2,3)15-7-10-17(11-8-15)29-13-5-6-20(28)27-16-9-12-19(23)18(14-16)22(24,25)26/h7-12,14H,4-6,13H2,1-3H3,(H,27,28). The first-order chi connectivity index (χ1) is 13.5. The van der Waals surface area contributed by atoms with Crippen LogP contribution in [0.3, 0.4) is 0 Å². The summed E-state index contributed by atoms with van der Waals surface area (Å²) in [5, 5.41) is 2.05. The van der Waals surface area contributed by atoms with E-state index in [9.17, 15) is 18.0 Å². The highest BCUT2D eigenvalue weighted by Gasteiger charge is 2.33. The van der Waals surface area contributed by atoms with Crippen LogP contribution in [-0.4, -0.2) is 12.5 Å². The number of alkyl halides is 3. The van der Waals surface area contributed by atoms with Gasteiger partial charge in [0.15, 0.2) is 0 Å². The van der Waals surface area contributed by atoms with Crippen LogP contribution in [0.2, 0.25) is 5.02 Å². The van der Waals surface area contributed by atoms with Crippen LogP contribution >= 0.6 is 11.6 Å². The van der Waals surface area contributed by atoms with Crippen molar-refractivity contribution in [2.45, 2.75) is 51.6 Å². The lowest BCUT2D eigenvalue weighted by Gasteiger charge is -2.23. The Labute approximate surface area is 174 Å². The first kappa shape index (κ1) is 23.1. The molecule has 0 saturated carbocycles. The number of hydrogen-bond donors (Lipinski definition) is 1. The van der Waals surface area contributed by atoms with E-state index in [1.807, 2.05) is 24.3 Å². The molecule has 2 aromatic carbocycles. The van der Waals surface area contributed by atoms with Crippen LogP contribution in [0.1, 0.15) is 51.2 Å². The van der Waals surface area contributed by atoms with Gasteiger partial charge in [0.25, 0.3) is 0 Å². The number of carbonyl (C=O) groups excluding carboxylic acids is 1. The van der Waals surface area contributed by atoms with Crippen molar-refractivity contribution in [3.63, 3.8) is 0 Å². The summed E-state index contributed by atoms with van der Waals surface area (Å²) in [4.78, 5) is 12.0. The van der Waals surface area contributed by atoms with Crippen molar-refractivity contribution in [1.82, 2.24) is 0 Å². The SMILES string of the molecule is CCC(C)(C)c1ccc(OCCCC(=O)Nc2ccc(Cl)c(C(F)(F)F)c2)cc1. The van der Waals surface area contributed by atoms with Crippen LogP contribution in [0.5, 0.6) is 5.75 Å². The van der Waals surface area contributed by atoms with Gasteiger partial charge in [-0.3, -0.25) is 4.79 Å². The average molecular weight is 428 g/mol. The van der Waals surface area contributed by atoms with E-state index >= 15 is 0 Å². The highest BCUT2D eigenvalue weighted by Crippen LogP contribution is 2.36. The second kappa shape index (κ2) is 9.53. The molecule has 0 unspecified atom stereocenters. The van der Waals surface area contributed by atoms with Gasteiger partial charge in [-0.15, -0.1) is 0 Å². The van der Waals surface area contributed by atoms with Gasteiger partial charge in [0.05, 0.1) is 17.2 Å². The third-order valence-corrected chi connectivity index (χ3v) is 5.22. The van der Waals surface area contributed by atoms with Crippen molar-refractivity contribution in [3.8, 4) is 5.75 Å². The topological polar surface area (TPSA) is 38.3 Å². The molecule has 0 radical (unpaired) electrons. The molecule has 0 bridgehead atoms. The number of hydrogen-bond acceptors (Lipinski definition) is 2. The maximum atomic E-state index is 12.9. The van der Waals surface area contributed by atoms with E-state index in [4.69, 9.17) is 16.3 Å². The van der Waals surface area contributed by atoms with Crippen LogP contribution < -0.4 is 10.1 Å². The van der Waals surface area contributed by atoms with E-state index in [0.29, 0.717) is 18.8 Å². The summed E-state index contributed by atoms with van der Waals surface area (Å²) in [6.07, 6.45) is -2.98. The summed E-state index contributed by atoms with van der Waals surface area (Å²) in [5.74, 6) is 0.331. The Hall–Kier alpha value is -2.21. The molecule has 0 fully saturated rings. The van der Waals surface area contributed by atoms with Crippen molar-refractivity contribution >= 4 is 23.2 Å². The number of ether oxygens (including phenoxy) is 1. The zero-order valence-corrected chi connectivity index (χ0v) is 17.5. The Morgan fingerprint density at radius 2 is 1.76 bits per heavy atom. The molecule has 2 aromatic rings. The minimum atomic E-state index is -4.58. The van der Waals surface area contributed by atoms with Crippen molar-refractivity contribution in [2.24, 2.45) is 0 Å². The molecule has 0 atom stereocenters. The van der Waals surface area contributed by atoms with E-state index in [1.165, 1.54) is 11.6 Å². The lowest BCUT2D eigenvalue weighted by molar-refractivity contribution is -0.137. The van der Waals surface area contributed by atoms with Crippen molar-refractivity contribution in [3.05, 3.63) is 58.6 Å². The van der Waals surface area contributed by atoms with Gasteiger partial charge in [0.1, 0.15) is 5.75 Å². The maximum absolute atomic E-state index is 12.9. The van der Waals surface area contributed by atoms with Crippen molar-refractivity contribution < 1.29 is 22.7 Å². The normalized spacial score (nSPS) is 12.0. The Kier molecular flexibility index (Phi) is 7.58. The Morgan fingerprint density at radius 3 is 2.34 bits per heavy atom. The second-order valence-corrected chi connectivity index (χ2v) is 7.86. The summed E-state index contributed by atoms with van der Waals surface area (Å²) in [7, 11) is 0. The van der Waals surface area contributed by atoms with Crippen LogP contribution in [0.4, 0.5) is 18.9 Å². The Balaban J connectivity index is 1.81. The van der Waals surface area contributed by atoms with Crippen LogP contribution in [0, 0.1) is 0 Å². The fourth-order valence-electron chi connectivity index (χ4n) is 2.67. The molecule has 2 rings (SSSR count). The first-order valence-corrected chi connectivity index (χ1v) is 9.80. The molecule has 0 aromatic heterocycles. The lowest BCUT2D eigenvalue weighted by atomic mass is 9.82. The van der Waals surface area contributed by atoms with Gasteiger partial charge in [-0.1, -0.05) is 44.5 Å². The lowest BCUT2D eigenvalue weighted by Crippen LogP contribution is -2.15. The van der Waals surface area contributed by atoms with E-state index in [0.717, 1.165) is 18.6 Å². The Morgan fingerprint density at radius 1 is 1.10 bits per heavy atom. The van der Waals surface area contributed by atoms with Gasteiger partial charge in [0.2, 0.25) is 5.91 Å². The number of rotatable bonds is 8. The molecule has 0 heterocycles. The predicted octanol–water partition coefficient (Wildman–Crippen LogP) is 6.84. The summed E-state index contributed by atoms with van der Waals surface area (Å²) < 4.78 is 44.3. The van der Waals surface area contributed by atoms with Crippen molar-refractivity contribution in [1.29, 1.82) is 0 Å². The minimum absolute atomic E-state index is 0.0572. The van der Waals surface area contributed by atoms with Crippen LogP contribution in [0.15, 0.2) is 42.5 Å². The zero-order chi connectivity index (χ0) is 21.7. The minimum Gasteiger partial charge on any atom is -0.494 e. The smallest absolute Gasteiger partial charge is 0.417 e. The first-order valence-electron chi connectivity index (χ1n) is 9.43. The zero-order valence-electron chi connectivity index (χ0n) is 16.7. The summed E-state index contributed by atoms with van der Waals surface area (Å²) in [6, 6.07) is 11.2. The van der Waals surface area contributed by atoms with Gasteiger partial charge < -0.3 is 10.1 Å². The Bertz CT molecular complexity index is 833. The molecule has 3 nitrogen and oxygen atoms in total. The molecule has 1 amide bonds. The number of benzene rings is 2. The molecule has 158 valence electrons. The average Bonchev–Trinajstić information content (AvgIpc) is 2.66. The third-order valence-electron chi connectivity index (χ3n) is 4.89. The van der Waals surface area contributed by atoms with Gasteiger partial charge in [-0.25, -0.2) is 0 Å². The highest BCUT2D eigenvalue weighted by atomic mass is 35.5. The van der Waals surface area contributed by atoms with Crippen LogP contribution in [0.25, 0.3) is 0 Å². The molecule has 0 aliphatic carbocycles. The van der Waals surface area contributed by atoms with E-state index in [-0.39, 0.29) is 23.4 Å². The van der Waals surface area contributed by atoms with Gasteiger partial charge in [-0.05, 0) is 54.2 Å². The predicted molar refractivity (Wildman–Crippen MR) is 110 cm³/mol. The maximum Gasteiger partial charge on any atom is 0.417 e. The number of nitrogens with one attached hydrogen (secondary N) is 1. The van der Waals surface area contributed by atoms with Gasteiger partial charge >= 0.3 is 6.18 Å². The van der Waals surface area contributed by atoms with E-state index < -0.39 is 16.8 Å². The summed E-state index contributed by atoms with van der Waals surface area (Å²) in [6.45, 7) is 6.83. The molecule has 0 saturated heterocycles. The van der Waals surface area contributed by atoms with E-state index in [1.54, 1.807) is 0 Å². The molecule has 29 heavy (non-hydrogen) atoms. The summed E-state index contributed by atoms with van der Waals surface area (Å²) >= 11 is 5.57. The van der Waals surface area contributed by atoms with Gasteiger partial charge in [0, 0.05) is 12.1 Å². The largest absolute Gasteiger partial charge is 0.494 e. The molecule has 1 N–H and O–H groups in total. The second-order valence-electron chi connectivity index (χ2n) is 7.45. The number of anilines is 1. The quantitative estimate of drug-likeness (QED) is 0.468. The monoisotopic (exact) mass is 427 g/mol. The number of halogens is 4. The van der Waals surface area contributed by atoms with E-state index in [2.05, 4.69) is 26.1 Å². The molecule has 0 spiro atoms. The molecular weight excluding hydrogens is 403 g/mol. The van der Waals surface area contributed by atoms with Crippen molar-refractivity contribution in [2.75, 3.05) is 11.9 Å². The molecule has 0 aliphatic heterocycles. The molecule has 0 aliphatic rings. The molecule has 7 heteroatoms.